The van der Waals surface area contributed by atoms with Crippen LogP contribution in [0.15, 0.2) is 10.6 Å². The molecular formula is C9H12N2O2. The van der Waals surface area contributed by atoms with E-state index in [-0.39, 0.29) is 11.9 Å². The van der Waals surface area contributed by atoms with Crippen LogP contribution in [0.3, 0.4) is 0 Å². The highest BCUT2D eigenvalue weighted by Gasteiger charge is 2.32. The molecule has 13 heavy (non-hydrogen) atoms. The Morgan fingerprint density at radius 1 is 1.69 bits per heavy atom. The van der Waals surface area contributed by atoms with Crippen LogP contribution in [0, 0.1) is 12.8 Å². The average Bonchev–Trinajstić information content (AvgIpc) is 2.58. The van der Waals surface area contributed by atoms with Crippen molar-refractivity contribution >= 4 is 5.91 Å². The molecule has 0 radical (unpaired) electrons. The molecule has 1 aliphatic heterocycles. The fourth-order valence-electron chi connectivity index (χ4n) is 1.67. The minimum atomic E-state index is 0.00806. The zero-order valence-electron chi connectivity index (χ0n) is 7.70. The quantitative estimate of drug-likeness (QED) is 0.706. The molecular weight excluding hydrogens is 168 g/mol. The molecule has 1 fully saturated rings. The van der Waals surface area contributed by atoms with E-state index in [1.807, 2.05) is 19.9 Å². The van der Waals surface area contributed by atoms with E-state index in [0.29, 0.717) is 12.3 Å². The van der Waals surface area contributed by atoms with Gasteiger partial charge in [-0.15, -0.1) is 0 Å². The van der Waals surface area contributed by atoms with Gasteiger partial charge in [0, 0.05) is 12.5 Å². The summed E-state index contributed by atoms with van der Waals surface area (Å²) in [6, 6.07) is 1.88. The van der Waals surface area contributed by atoms with Crippen molar-refractivity contribution in [2.75, 3.05) is 0 Å². The lowest BCUT2D eigenvalue weighted by Gasteiger charge is -2.09. The average molecular weight is 180 g/mol. The van der Waals surface area contributed by atoms with Gasteiger partial charge in [-0.2, -0.15) is 0 Å². The van der Waals surface area contributed by atoms with E-state index in [1.54, 1.807) is 0 Å². The van der Waals surface area contributed by atoms with Gasteiger partial charge in [0.15, 0.2) is 5.76 Å². The SMILES string of the molecule is Cc1cc(C2NC(=O)CC2C)on1. The number of carbonyl (C=O) groups is 1. The third kappa shape index (κ3) is 1.43. The Bertz CT molecular complexity index is 332. The second-order valence-corrected chi connectivity index (χ2v) is 3.60. The Hall–Kier alpha value is -1.32. The van der Waals surface area contributed by atoms with Crippen LogP contribution < -0.4 is 5.32 Å². The highest BCUT2D eigenvalue weighted by atomic mass is 16.5. The van der Waals surface area contributed by atoms with Gasteiger partial charge in [-0.25, -0.2) is 0 Å². The van der Waals surface area contributed by atoms with Gasteiger partial charge in [0.25, 0.3) is 0 Å². The van der Waals surface area contributed by atoms with Gasteiger partial charge in [-0.1, -0.05) is 12.1 Å². The zero-order valence-corrected chi connectivity index (χ0v) is 7.70. The maximum absolute atomic E-state index is 11.1. The molecule has 0 saturated carbocycles. The monoisotopic (exact) mass is 180 g/mol. The van der Waals surface area contributed by atoms with Crippen molar-refractivity contribution in [2.45, 2.75) is 26.3 Å². The largest absolute Gasteiger partial charge is 0.359 e. The van der Waals surface area contributed by atoms with Crippen LogP contribution in [0.5, 0.6) is 0 Å². The summed E-state index contributed by atoms with van der Waals surface area (Å²) in [5, 5.41) is 6.65. The smallest absolute Gasteiger partial charge is 0.220 e. The normalized spacial score (nSPS) is 27.7. The van der Waals surface area contributed by atoms with E-state index in [9.17, 15) is 4.79 Å². The second kappa shape index (κ2) is 2.87. The number of carbonyl (C=O) groups excluding carboxylic acids is 1. The van der Waals surface area contributed by atoms with Crippen molar-refractivity contribution in [3.05, 3.63) is 17.5 Å². The predicted molar refractivity (Wildman–Crippen MR) is 45.9 cm³/mol. The molecule has 0 spiro atoms. The van der Waals surface area contributed by atoms with Crippen molar-refractivity contribution in [1.29, 1.82) is 0 Å². The lowest BCUT2D eigenvalue weighted by molar-refractivity contribution is -0.119. The summed E-state index contributed by atoms with van der Waals surface area (Å²) < 4.78 is 5.10. The number of amides is 1. The molecule has 1 N–H and O–H groups in total. The minimum Gasteiger partial charge on any atom is -0.359 e. The third-order valence-corrected chi connectivity index (χ3v) is 2.35. The molecule has 0 aromatic carbocycles. The highest BCUT2D eigenvalue weighted by molar-refractivity contribution is 5.79. The van der Waals surface area contributed by atoms with Gasteiger partial charge in [-0.05, 0) is 12.8 Å². The summed E-state index contributed by atoms with van der Waals surface area (Å²) in [6.45, 7) is 3.90. The minimum absolute atomic E-state index is 0.00806. The summed E-state index contributed by atoms with van der Waals surface area (Å²) >= 11 is 0. The van der Waals surface area contributed by atoms with E-state index in [0.717, 1.165) is 11.5 Å². The number of hydrogen-bond donors (Lipinski definition) is 1. The van der Waals surface area contributed by atoms with Gasteiger partial charge in [0.1, 0.15) is 0 Å². The van der Waals surface area contributed by atoms with Gasteiger partial charge in [-0.3, -0.25) is 4.79 Å². The Kier molecular flexibility index (Phi) is 1.83. The molecule has 70 valence electrons. The topological polar surface area (TPSA) is 55.1 Å². The van der Waals surface area contributed by atoms with Crippen LogP contribution in [-0.4, -0.2) is 11.1 Å². The first-order valence-corrected chi connectivity index (χ1v) is 4.39. The maximum atomic E-state index is 11.1. The number of aryl methyl sites for hydroxylation is 1. The molecule has 2 atom stereocenters. The van der Waals surface area contributed by atoms with Crippen LogP contribution in [0.1, 0.15) is 30.8 Å². The molecule has 2 heterocycles. The molecule has 2 rings (SSSR count). The van der Waals surface area contributed by atoms with Crippen molar-refractivity contribution in [3.63, 3.8) is 0 Å². The lowest BCUT2D eigenvalue weighted by atomic mass is 10.0. The summed E-state index contributed by atoms with van der Waals surface area (Å²) in [4.78, 5) is 11.1. The summed E-state index contributed by atoms with van der Waals surface area (Å²) in [6.07, 6.45) is 0.574. The molecule has 2 unspecified atom stereocenters. The van der Waals surface area contributed by atoms with Crippen molar-refractivity contribution in [3.8, 4) is 0 Å². The fraction of sp³-hybridized carbons (Fsp3) is 0.556. The summed E-state index contributed by atoms with van der Waals surface area (Å²) in [5.41, 5.74) is 0.850. The van der Waals surface area contributed by atoms with Crippen LogP contribution >= 0.6 is 0 Å². The molecule has 1 aliphatic rings. The molecule has 1 saturated heterocycles. The second-order valence-electron chi connectivity index (χ2n) is 3.60. The van der Waals surface area contributed by atoms with E-state index in [1.165, 1.54) is 0 Å². The van der Waals surface area contributed by atoms with Crippen LogP contribution in [0.2, 0.25) is 0 Å². The van der Waals surface area contributed by atoms with Crippen molar-refractivity contribution in [1.82, 2.24) is 10.5 Å². The standard InChI is InChI=1S/C9H12N2O2/c1-5-3-8(12)10-9(5)7-4-6(2)11-13-7/h4-5,9H,3H2,1-2H3,(H,10,12). The number of nitrogens with one attached hydrogen (secondary N) is 1. The van der Waals surface area contributed by atoms with Crippen LogP contribution in [0.4, 0.5) is 0 Å². The third-order valence-electron chi connectivity index (χ3n) is 2.35. The van der Waals surface area contributed by atoms with E-state index < -0.39 is 0 Å². The van der Waals surface area contributed by atoms with Crippen molar-refractivity contribution in [2.24, 2.45) is 5.92 Å². The Labute approximate surface area is 76.3 Å². The van der Waals surface area contributed by atoms with E-state index in [4.69, 9.17) is 4.52 Å². The summed E-state index contributed by atoms with van der Waals surface area (Å²) in [7, 11) is 0. The fourth-order valence-corrected chi connectivity index (χ4v) is 1.67. The lowest BCUT2D eigenvalue weighted by Crippen LogP contribution is -2.19. The molecule has 4 nitrogen and oxygen atoms in total. The van der Waals surface area contributed by atoms with Crippen LogP contribution in [0.25, 0.3) is 0 Å². The first-order chi connectivity index (χ1) is 6.16. The first-order valence-electron chi connectivity index (χ1n) is 4.39. The molecule has 1 aromatic rings. The molecule has 4 heteroatoms. The number of hydrogen-bond acceptors (Lipinski definition) is 3. The van der Waals surface area contributed by atoms with E-state index in [2.05, 4.69) is 10.5 Å². The van der Waals surface area contributed by atoms with E-state index >= 15 is 0 Å². The molecule has 1 amide bonds. The van der Waals surface area contributed by atoms with Crippen LogP contribution in [-0.2, 0) is 4.79 Å². The number of nitrogens with zero attached hydrogens (tertiary/aromatic N) is 1. The molecule has 1 aromatic heterocycles. The Morgan fingerprint density at radius 3 is 2.92 bits per heavy atom. The molecule has 0 bridgehead atoms. The Balaban J connectivity index is 2.22. The van der Waals surface area contributed by atoms with Gasteiger partial charge < -0.3 is 9.84 Å². The predicted octanol–water partition coefficient (Wildman–Crippen LogP) is 1.18. The Morgan fingerprint density at radius 2 is 2.46 bits per heavy atom. The van der Waals surface area contributed by atoms with Crippen molar-refractivity contribution < 1.29 is 9.32 Å². The van der Waals surface area contributed by atoms with Gasteiger partial charge in [0.05, 0.1) is 11.7 Å². The highest BCUT2D eigenvalue weighted by Crippen LogP contribution is 2.29. The summed E-state index contributed by atoms with van der Waals surface area (Å²) in [5.74, 6) is 1.14. The number of aromatic nitrogens is 1. The van der Waals surface area contributed by atoms with Gasteiger partial charge >= 0.3 is 0 Å². The van der Waals surface area contributed by atoms with Gasteiger partial charge in [0.2, 0.25) is 5.91 Å². The first kappa shape index (κ1) is 8.29. The number of rotatable bonds is 1. The maximum Gasteiger partial charge on any atom is 0.220 e. The molecule has 0 aliphatic carbocycles. The zero-order chi connectivity index (χ0) is 9.42.